The summed E-state index contributed by atoms with van der Waals surface area (Å²) in [5.74, 6) is -1.28. The Hall–Kier alpha value is -0.940. The number of hydrogen-bond donors (Lipinski definition) is 1. The van der Waals surface area contributed by atoms with Crippen LogP contribution in [0.25, 0.3) is 0 Å². The maximum atomic E-state index is 12.8. The number of hydrogen-bond acceptors (Lipinski definition) is 2. The molecule has 1 aliphatic rings. The molecule has 0 bridgehead atoms. The second-order valence-corrected chi connectivity index (χ2v) is 5.73. The molecule has 0 aromatic heterocycles. The SMILES string of the molecule is C[C@@H](N)c1ccc(N2CCCC(C(F)(F)F)C2)c(Cl)c1. The van der Waals surface area contributed by atoms with Gasteiger partial charge < -0.3 is 10.6 Å². The fourth-order valence-electron chi connectivity index (χ4n) is 2.53. The number of alkyl halides is 3. The largest absolute Gasteiger partial charge is 0.393 e. The molecule has 1 aromatic carbocycles. The second-order valence-electron chi connectivity index (χ2n) is 5.33. The number of halogens is 4. The van der Waals surface area contributed by atoms with Crippen molar-refractivity contribution in [3.05, 3.63) is 28.8 Å². The van der Waals surface area contributed by atoms with E-state index >= 15 is 0 Å². The lowest BCUT2D eigenvalue weighted by Gasteiger charge is -2.35. The minimum atomic E-state index is -4.14. The van der Waals surface area contributed by atoms with E-state index in [-0.39, 0.29) is 19.0 Å². The van der Waals surface area contributed by atoms with Crippen LogP contribution in [0, 0.1) is 5.92 Å². The van der Waals surface area contributed by atoms with E-state index in [1.165, 1.54) is 0 Å². The zero-order valence-electron chi connectivity index (χ0n) is 11.3. The first kappa shape index (κ1) is 15.4. The highest BCUT2D eigenvalue weighted by atomic mass is 35.5. The Kier molecular flexibility index (Phi) is 4.49. The van der Waals surface area contributed by atoms with Gasteiger partial charge in [-0.3, -0.25) is 0 Å². The lowest BCUT2D eigenvalue weighted by molar-refractivity contribution is -0.175. The van der Waals surface area contributed by atoms with Crippen LogP contribution in [-0.4, -0.2) is 19.3 Å². The Morgan fingerprint density at radius 3 is 2.65 bits per heavy atom. The van der Waals surface area contributed by atoms with Gasteiger partial charge in [0.25, 0.3) is 0 Å². The Labute approximate surface area is 121 Å². The van der Waals surface area contributed by atoms with E-state index in [0.29, 0.717) is 23.7 Å². The van der Waals surface area contributed by atoms with Crippen LogP contribution >= 0.6 is 11.6 Å². The number of piperidine rings is 1. The molecule has 0 saturated carbocycles. The number of nitrogens with zero attached hydrogens (tertiary/aromatic N) is 1. The van der Waals surface area contributed by atoms with Gasteiger partial charge in [0.1, 0.15) is 0 Å². The first-order valence-electron chi connectivity index (χ1n) is 6.65. The smallest absolute Gasteiger partial charge is 0.370 e. The molecule has 2 atom stereocenters. The molecule has 0 aliphatic carbocycles. The van der Waals surface area contributed by atoms with Gasteiger partial charge in [0.05, 0.1) is 16.6 Å². The maximum Gasteiger partial charge on any atom is 0.393 e. The van der Waals surface area contributed by atoms with Crippen molar-refractivity contribution in [2.45, 2.75) is 32.0 Å². The highest BCUT2D eigenvalue weighted by Crippen LogP contribution is 2.37. The molecule has 2 nitrogen and oxygen atoms in total. The van der Waals surface area contributed by atoms with Crippen LogP contribution in [-0.2, 0) is 0 Å². The zero-order valence-corrected chi connectivity index (χ0v) is 12.0. The quantitative estimate of drug-likeness (QED) is 0.890. The molecular formula is C14H18ClF3N2. The van der Waals surface area contributed by atoms with Crippen molar-refractivity contribution in [1.29, 1.82) is 0 Å². The number of anilines is 1. The molecule has 0 amide bonds. The Bertz CT molecular complexity index is 474. The summed E-state index contributed by atoms with van der Waals surface area (Å²) >= 11 is 6.19. The van der Waals surface area contributed by atoms with Gasteiger partial charge in [-0.1, -0.05) is 17.7 Å². The average Bonchev–Trinajstić information content (AvgIpc) is 2.37. The molecule has 20 heavy (non-hydrogen) atoms. The first-order valence-corrected chi connectivity index (χ1v) is 7.03. The summed E-state index contributed by atoms with van der Waals surface area (Å²) in [6.45, 7) is 2.41. The van der Waals surface area contributed by atoms with Crippen LogP contribution in [0.3, 0.4) is 0 Å². The second kappa shape index (κ2) is 5.82. The average molecular weight is 307 g/mol. The third-order valence-corrected chi connectivity index (χ3v) is 4.03. The molecule has 1 heterocycles. The molecule has 1 aromatic rings. The fourth-order valence-corrected chi connectivity index (χ4v) is 2.83. The van der Waals surface area contributed by atoms with Gasteiger partial charge in [-0.25, -0.2) is 0 Å². The molecule has 2 N–H and O–H groups in total. The van der Waals surface area contributed by atoms with Gasteiger partial charge in [0.15, 0.2) is 0 Å². The molecule has 1 saturated heterocycles. The van der Waals surface area contributed by atoms with Crippen LogP contribution < -0.4 is 10.6 Å². The van der Waals surface area contributed by atoms with E-state index in [2.05, 4.69) is 0 Å². The minimum Gasteiger partial charge on any atom is -0.370 e. The molecular weight excluding hydrogens is 289 g/mol. The maximum absolute atomic E-state index is 12.8. The van der Waals surface area contributed by atoms with Gasteiger partial charge >= 0.3 is 6.18 Å². The van der Waals surface area contributed by atoms with Crippen molar-refractivity contribution in [1.82, 2.24) is 0 Å². The zero-order chi connectivity index (χ0) is 14.9. The summed E-state index contributed by atoms with van der Waals surface area (Å²) in [5, 5.41) is 0.461. The van der Waals surface area contributed by atoms with Crippen LogP contribution in [0.2, 0.25) is 5.02 Å². The highest BCUT2D eigenvalue weighted by molar-refractivity contribution is 6.33. The van der Waals surface area contributed by atoms with Gasteiger partial charge in [-0.2, -0.15) is 13.2 Å². The predicted octanol–water partition coefficient (Wildman–Crippen LogP) is 4.14. The van der Waals surface area contributed by atoms with Gasteiger partial charge in [-0.05, 0) is 37.5 Å². The standard InChI is InChI=1S/C14H18ClF3N2/c1-9(19)10-4-5-13(12(15)7-10)20-6-2-3-11(8-20)14(16,17)18/h4-5,7,9,11H,2-3,6,8,19H2,1H3/t9-,11?/m1/s1. The summed E-state index contributed by atoms with van der Waals surface area (Å²) < 4.78 is 38.5. The third kappa shape index (κ3) is 3.38. The van der Waals surface area contributed by atoms with Crippen molar-refractivity contribution in [3.63, 3.8) is 0 Å². The Morgan fingerprint density at radius 1 is 1.40 bits per heavy atom. The van der Waals surface area contributed by atoms with Crippen molar-refractivity contribution in [3.8, 4) is 0 Å². The van der Waals surface area contributed by atoms with Crippen molar-refractivity contribution in [2.24, 2.45) is 11.7 Å². The first-order chi connectivity index (χ1) is 9.29. The van der Waals surface area contributed by atoms with E-state index in [0.717, 1.165) is 5.56 Å². The van der Waals surface area contributed by atoms with E-state index in [1.54, 1.807) is 17.0 Å². The summed E-state index contributed by atoms with van der Waals surface area (Å²) in [4.78, 5) is 1.72. The highest BCUT2D eigenvalue weighted by Gasteiger charge is 2.42. The van der Waals surface area contributed by atoms with Gasteiger partial charge in [0.2, 0.25) is 0 Å². The molecule has 1 fully saturated rings. The summed E-state index contributed by atoms with van der Waals surface area (Å²) in [5.41, 5.74) is 7.30. The van der Waals surface area contributed by atoms with Crippen LogP contribution in [0.1, 0.15) is 31.4 Å². The Balaban J connectivity index is 2.19. The van der Waals surface area contributed by atoms with Crippen LogP contribution in [0.5, 0.6) is 0 Å². The lowest BCUT2D eigenvalue weighted by atomic mass is 9.96. The van der Waals surface area contributed by atoms with Crippen LogP contribution in [0.15, 0.2) is 18.2 Å². The molecule has 0 spiro atoms. The number of rotatable bonds is 2. The number of nitrogens with two attached hydrogens (primary N) is 1. The lowest BCUT2D eigenvalue weighted by Crippen LogP contribution is -2.41. The molecule has 1 unspecified atom stereocenters. The summed E-state index contributed by atoms with van der Waals surface area (Å²) in [7, 11) is 0. The van der Waals surface area contributed by atoms with E-state index in [1.807, 2.05) is 13.0 Å². The van der Waals surface area contributed by atoms with E-state index in [9.17, 15) is 13.2 Å². The predicted molar refractivity (Wildman–Crippen MR) is 75.0 cm³/mol. The minimum absolute atomic E-state index is 0.0270. The van der Waals surface area contributed by atoms with Crippen molar-refractivity contribution >= 4 is 17.3 Å². The van der Waals surface area contributed by atoms with Gasteiger partial charge in [-0.15, -0.1) is 0 Å². The van der Waals surface area contributed by atoms with Crippen molar-refractivity contribution < 1.29 is 13.2 Å². The number of benzene rings is 1. The third-order valence-electron chi connectivity index (χ3n) is 3.72. The molecule has 0 radical (unpaired) electrons. The molecule has 6 heteroatoms. The molecule has 112 valence electrons. The molecule has 1 aliphatic heterocycles. The van der Waals surface area contributed by atoms with Crippen LogP contribution in [0.4, 0.5) is 18.9 Å². The van der Waals surface area contributed by atoms with E-state index < -0.39 is 12.1 Å². The molecule has 2 rings (SSSR count). The topological polar surface area (TPSA) is 29.3 Å². The monoisotopic (exact) mass is 306 g/mol. The normalized spacial score (nSPS) is 21.9. The summed E-state index contributed by atoms with van der Waals surface area (Å²) in [6.07, 6.45) is -3.43. The van der Waals surface area contributed by atoms with E-state index in [4.69, 9.17) is 17.3 Å². The van der Waals surface area contributed by atoms with Crippen molar-refractivity contribution in [2.75, 3.05) is 18.0 Å². The van der Waals surface area contributed by atoms with Gasteiger partial charge in [0, 0.05) is 19.1 Å². The fraction of sp³-hybridized carbons (Fsp3) is 0.571. The Morgan fingerprint density at radius 2 is 2.10 bits per heavy atom. The summed E-state index contributed by atoms with van der Waals surface area (Å²) in [6, 6.07) is 5.17.